The summed E-state index contributed by atoms with van der Waals surface area (Å²) in [5.74, 6) is -2.40. The van der Waals surface area contributed by atoms with Gasteiger partial charge in [-0.1, -0.05) is 49.7 Å². The van der Waals surface area contributed by atoms with E-state index in [0.29, 0.717) is 37.8 Å². The smallest absolute Gasteiger partial charge is 0.308 e. The number of rotatable bonds is 13. The zero-order valence-corrected chi connectivity index (χ0v) is 43.1. The molecule has 1 unspecified atom stereocenters. The van der Waals surface area contributed by atoms with E-state index in [1.54, 1.807) is 62.7 Å². The standard InChI is InChI=1S/C52H77N3O14S/c1-10-41-35(26-64-42-18-17-40(57)50(61-8)51(42)62-9)23-30(2)14-16-39(56)31(3)24-34-20-22-63-27-36(54-66-29-37-15-19-44(70-37)38-13-11-12-21-53-38)28-65-43(25-45(58)68-41)32(4)49(34)69-52-48(60)46(55(6)7)47(59)33(5)67-52/h11-16,19,21,23,31-35,40-43,46-52,57,59-60H,10,17-18,20,22,24-29H2,1-9H3/b16-14+,30-23+,54-36+/t31-,32+,33-,34?,35-,40-,41-,42-,43-,46+,47-,48-,49-,50-,51+,52+/m1/s1. The minimum absolute atomic E-state index is 0.0493. The molecular formula is C52H77N3O14S. The van der Waals surface area contributed by atoms with E-state index >= 15 is 0 Å². The fourth-order valence-electron chi connectivity index (χ4n) is 10.1. The normalized spacial score (nSPS) is 37.3. The van der Waals surface area contributed by atoms with Crippen molar-refractivity contribution in [3.63, 3.8) is 0 Å². The summed E-state index contributed by atoms with van der Waals surface area (Å²) >= 11 is 1.56. The summed E-state index contributed by atoms with van der Waals surface area (Å²) in [5.41, 5.74) is 2.13. The van der Waals surface area contributed by atoms with Gasteiger partial charge in [0, 0.05) is 49.7 Å². The zero-order valence-electron chi connectivity index (χ0n) is 42.3. The highest BCUT2D eigenvalue weighted by Crippen LogP contribution is 2.36. The fraction of sp³-hybridized carbons (Fsp3) is 0.692. The van der Waals surface area contributed by atoms with Gasteiger partial charge in [-0.15, -0.1) is 11.3 Å². The molecule has 2 aromatic rings. The van der Waals surface area contributed by atoms with Crippen LogP contribution in [0.3, 0.4) is 0 Å². The van der Waals surface area contributed by atoms with Gasteiger partial charge in [0.25, 0.3) is 0 Å². The fourth-order valence-corrected chi connectivity index (χ4v) is 11.0. The number of esters is 1. The molecule has 0 amide bonds. The summed E-state index contributed by atoms with van der Waals surface area (Å²) < 4.78 is 50.4. The van der Waals surface area contributed by atoms with E-state index in [0.717, 1.165) is 21.0 Å². The number of aliphatic hydroxyl groups is 3. The lowest BCUT2D eigenvalue weighted by molar-refractivity contribution is -0.305. The van der Waals surface area contributed by atoms with Gasteiger partial charge in [-0.2, -0.15) is 0 Å². The number of oxime groups is 1. The molecule has 3 N–H and O–H groups in total. The van der Waals surface area contributed by atoms with Crippen LogP contribution in [-0.2, 0) is 58.9 Å². The second-order valence-corrected chi connectivity index (χ2v) is 20.6. The van der Waals surface area contributed by atoms with E-state index in [1.807, 2.05) is 64.1 Å². The molecule has 3 fully saturated rings. The molecule has 70 heavy (non-hydrogen) atoms. The van der Waals surface area contributed by atoms with Crippen molar-refractivity contribution in [2.24, 2.45) is 28.8 Å². The highest BCUT2D eigenvalue weighted by molar-refractivity contribution is 7.15. The Bertz CT molecular complexity index is 2030. The predicted octanol–water partition coefficient (Wildman–Crippen LogP) is 5.53. The Labute approximate surface area is 417 Å². The minimum Gasteiger partial charge on any atom is -0.462 e. The molecule has 0 radical (unpaired) electrons. The number of hydrogen-bond acceptors (Lipinski definition) is 18. The molecule has 5 heterocycles. The number of likely N-dealkylation sites (N-methyl/N-ethyl adjacent to an activating group) is 1. The van der Waals surface area contributed by atoms with Crippen molar-refractivity contribution in [2.75, 3.05) is 54.7 Å². The number of ether oxygens (including phenoxy) is 8. The number of nitrogens with zero attached hydrogens (tertiary/aromatic N) is 3. The molecule has 4 aliphatic rings. The van der Waals surface area contributed by atoms with Crippen molar-refractivity contribution in [3.8, 4) is 10.6 Å². The molecule has 17 nitrogen and oxygen atoms in total. The second kappa shape index (κ2) is 27.0. The number of carbonyl (C=O) groups is 2. The van der Waals surface area contributed by atoms with Crippen LogP contribution in [0.1, 0.15) is 78.0 Å². The summed E-state index contributed by atoms with van der Waals surface area (Å²) in [5, 5.41) is 38.0. The molecule has 0 aromatic carbocycles. The number of carbonyl (C=O) groups excluding carboxylic acids is 2. The summed E-state index contributed by atoms with van der Waals surface area (Å²) in [6.07, 6.45) is 0.711. The van der Waals surface area contributed by atoms with Crippen molar-refractivity contribution in [1.82, 2.24) is 9.88 Å². The number of thiophene rings is 1. The summed E-state index contributed by atoms with van der Waals surface area (Å²) in [7, 11) is 6.66. The van der Waals surface area contributed by atoms with Crippen LogP contribution in [0.2, 0.25) is 0 Å². The van der Waals surface area contributed by atoms with E-state index < -0.39 is 97.1 Å². The first-order valence-corrected chi connectivity index (χ1v) is 25.6. The van der Waals surface area contributed by atoms with Gasteiger partial charge in [0.15, 0.2) is 18.7 Å². The Morgan fingerprint density at radius 2 is 1.73 bits per heavy atom. The molecular weight excluding hydrogens is 923 g/mol. The third-order valence-corrected chi connectivity index (χ3v) is 15.2. The first kappa shape index (κ1) is 55.8. The Morgan fingerprint density at radius 3 is 2.44 bits per heavy atom. The van der Waals surface area contributed by atoms with Crippen LogP contribution < -0.4 is 0 Å². The van der Waals surface area contributed by atoms with Gasteiger partial charge < -0.3 is 63.0 Å². The average molecular weight is 1000 g/mol. The SMILES string of the molecule is CC[C@H]1OC(=O)C[C@H]2OC/C(=N/OCc3ccc(-c4ccccn4)s3)COCCC(C[C@@H](C)C(=O)/C=C/C(C)=C/[C@@H]1CO[C@@H]1CC[C@@H](O)[C@@H](OC)[C@H]1OC)[C@H](O[C@@H]1O[C@H](C)[C@@H](O)[C@H](N(C)C)[C@H]1O)[C@H]2C. The topological polar surface area (TPSA) is 206 Å². The number of aliphatic hydroxyl groups excluding tert-OH is 3. The lowest BCUT2D eigenvalue weighted by Gasteiger charge is -2.47. The summed E-state index contributed by atoms with van der Waals surface area (Å²) in [4.78, 5) is 42.6. The maximum Gasteiger partial charge on any atom is 0.308 e. The second-order valence-electron chi connectivity index (χ2n) is 19.5. The summed E-state index contributed by atoms with van der Waals surface area (Å²) in [6, 6.07) is 9.05. The van der Waals surface area contributed by atoms with Crippen LogP contribution in [0.5, 0.6) is 0 Å². The molecule has 1 saturated carbocycles. The molecule has 0 spiro atoms. The van der Waals surface area contributed by atoms with Gasteiger partial charge in [0.1, 0.15) is 30.1 Å². The Kier molecular flexibility index (Phi) is 21.5. The monoisotopic (exact) mass is 1000 g/mol. The quantitative estimate of drug-likeness (QED) is 0.167. The maximum atomic E-state index is 14.5. The first-order valence-electron chi connectivity index (χ1n) is 24.8. The Balaban J connectivity index is 1.32. The van der Waals surface area contributed by atoms with E-state index in [4.69, 9.17) is 42.7 Å². The number of hydrogen-bond donors (Lipinski definition) is 3. The van der Waals surface area contributed by atoms with Gasteiger partial charge in [-0.3, -0.25) is 14.6 Å². The molecule has 1 aliphatic carbocycles. The summed E-state index contributed by atoms with van der Waals surface area (Å²) in [6.45, 7) is 10.1. The van der Waals surface area contributed by atoms with Crippen LogP contribution in [0.25, 0.3) is 10.6 Å². The highest BCUT2D eigenvalue weighted by Gasteiger charge is 2.48. The minimum atomic E-state index is -1.25. The maximum absolute atomic E-state index is 14.5. The first-order chi connectivity index (χ1) is 33.6. The predicted molar refractivity (Wildman–Crippen MR) is 263 cm³/mol. The van der Waals surface area contributed by atoms with Crippen LogP contribution in [0, 0.1) is 23.7 Å². The average Bonchev–Trinajstić information content (AvgIpc) is 3.82. The van der Waals surface area contributed by atoms with Gasteiger partial charge in [-0.05, 0) is 96.3 Å². The molecule has 2 bridgehead atoms. The van der Waals surface area contributed by atoms with Gasteiger partial charge in [-0.25, -0.2) is 0 Å². The number of pyridine rings is 1. The van der Waals surface area contributed by atoms with Crippen LogP contribution in [-0.4, -0.2) is 171 Å². The Morgan fingerprint density at radius 1 is 0.943 bits per heavy atom. The zero-order chi connectivity index (χ0) is 50.5. The van der Waals surface area contributed by atoms with Gasteiger partial charge in [0.05, 0.1) is 79.5 Å². The van der Waals surface area contributed by atoms with Gasteiger partial charge in [0.2, 0.25) is 0 Å². The molecule has 2 saturated heterocycles. The molecule has 18 heteroatoms. The Hall–Kier alpha value is -3.50. The van der Waals surface area contributed by atoms with Crippen molar-refractivity contribution in [2.45, 2.75) is 153 Å². The number of allylic oxidation sites excluding steroid dienone is 3. The van der Waals surface area contributed by atoms with E-state index in [2.05, 4.69) is 10.1 Å². The number of cyclic esters (lactones) is 1. The number of aromatic nitrogens is 1. The molecule has 3 aliphatic heterocycles. The largest absolute Gasteiger partial charge is 0.462 e. The number of fused-ring (bicyclic) bond motifs is 3. The van der Waals surface area contributed by atoms with Crippen molar-refractivity contribution < 1.29 is 67.6 Å². The molecule has 2 aromatic heterocycles. The van der Waals surface area contributed by atoms with E-state index in [-0.39, 0.29) is 51.2 Å². The van der Waals surface area contributed by atoms with Crippen LogP contribution >= 0.6 is 11.3 Å². The van der Waals surface area contributed by atoms with Crippen molar-refractivity contribution in [1.29, 1.82) is 0 Å². The molecule has 6 rings (SSSR count). The highest BCUT2D eigenvalue weighted by atomic mass is 32.1. The van der Waals surface area contributed by atoms with E-state index in [9.17, 15) is 24.9 Å². The van der Waals surface area contributed by atoms with Crippen molar-refractivity contribution in [3.05, 3.63) is 65.2 Å². The van der Waals surface area contributed by atoms with Crippen LogP contribution in [0.15, 0.2) is 65.5 Å². The van der Waals surface area contributed by atoms with Crippen LogP contribution in [0.4, 0.5) is 0 Å². The third-order valence-electron chi connectivity index (χ3n) is 14.1. The van der Waals surface area contributed by atoms with Crippen molar-refractivity contribution >= 4 is 28.8 Å². The lowest BCUT2D eigenvalue weighted by Crippen LogP contribution is -2.63. The third kappa shape index (κ3) is 14.8. The number of methoxy groups -OCH3 is 2. The van der Waals surface area contributed by atoms with Gasteiger partial charge >= 0.3 is 5.97 Å². The molecule has 16 atom stereocenters. The van der Waals surface area contributed by atoms with E-state index in [1.165, 1.54) is 7.11 Å². The number of ketones is 1. The lowest BCUT2D eigenvalue weighted by atomic mass is 9.79. The molecule has 390 valence electrons.